The maximum Gasteiger partial charge on any atom is 0.339 e. The summed E-state index contributed by atoms with van der Waals surface area (Å²) in [5, 5.41) is 9.67. The number of hydrogen-bond donors (Lipinski definition) is 1. The van der Waals surface area contributed by atoms with E-state index in [0.29, 0.717) is 5.56 Å². The average Bonchev–Trinajstić information content (AvgIpc) is 2.76. The number of rotatable bonds is 3. The summed E-state index contributed by atoms with van der Waals surface area (Å²) in [7, 11) is 0. The second-order valence-corrected chi connectivity index (χ2v) is 4.63. The molecule has 1 N–H and O–H groups in total. The molecule has 1 unspecified atom stereocenters. The molecule has 0 aromatic heterocycles. The molecular weight excluding hydrogens is 256 g/mol. The van der Waals surface area contributed by atoms with E-state index in [-0.39, 0.29) is 23.5 Å². The van der Waals surface area contributed by atoms with Gasteiger partial charge >= 0.3 is 5.97 Å². The molecule has 0 saturated heterocycles. The van der Waals surface area contributed by atoms with Crippen LogP contribution in [0.1, 0.15) is 38.8 Å². The third-order valence-electron chi connectivity index (χ3n) is 3.35. The number of hydrogen-bond acceptors (Lipinski definition) is 4. The quantitative estimate of drug-likeness (QED) is 0.686. The van der Waals surface area contributed by atoms with Gasteiger partial charge in [0.2, 0.25) is 0 Å². The molecule has 4 heteroatoms. The Labute approximate surface area is 115 Å². The van der Waals surface area contributed by atoms with Gasteiger partial charge in [0.05, 0.1) is 17.5 Å². The molecule has 0 bridgehead atoms. The minimum atomic E-state index is -0.578. The van der Waals surface area contributed by atoms with Crippen LogP contribution in [-0.2, 0) is 4.74 Å². The highest BCUT2D eigenvalue weighted by molar-refractivity contribution is 6.00. The Hall–Kier alpha value is -2.62. The number of ketones is 1. The molecule has 1 aliphatic rings. The first-order valence-electron chi connectivity index (χ1n) is 6.28. The summed E-state index contributed by atoms with van der Waals surface area (Å²) >= 11 is 0. The number of carbonyl (C=O) groups excluding carboxylic acids is 2. The molecule has 2 aromatic carbocycles. The van der Waals surface area contributed by atoms with Crippen LogP contribution in [0, 0.1) is 0 Å². The summed E-state index contributed by atoms with van der Waals surface area (Å²) in [5.41, 5.74) is 1.47. The summed E-state index contributed by atoms with van der Waals surface area (Å²) in [6.07, 6.45) is -0.550. The Morgan fingerprint density at radius 2 is 1.80 bits per heavy atom. The molecule has 0 spiro atoms. The van der Waals surface area contributed by atoms with Gasteiger partial charge in [0.25, 0.3) is 0 Å². The lowest BCUT2D eigenvalue weighted by molar-refractivity contribution is 0.0367. The number of carbonyl (C=O) groups is 2. The van der Waals surface area contributed by atoms with E-state index in [1.165, 1.54) is 6.07 Å². The molecule has 20 heavy (non-hydrogen) atoms. The summed E-state index contributed by atoms with van der Waals surface area (Å²) in [5.74, 6) is -0.719. The zero-order valence-corrected chi connectivity index (χ0v) is 10.6. The number of fused-ring (bicyclic) bond motifs is 1. The lowest BCUT2D eigenvalue weighted by Crippen LogP contribution is -2.07. The highest BCUT2D eigenvalue weighted by atomic mass is 16.5. The van der Waals surface area contributed by atoms with Crippen LogP contribution in [-0.4, -0.2) is 16.9 Å². The van der Waals surface area contributed by atoms with Gasteiger partial charge in [-0.05, 0) is 18.2 Å². The van der Waals surface area contributed by atoms with Gasteiger partial charge in [0.15, 0.2) is 5.78 Å². The summed E-state index contributed by atoms with van der Waals surface area (Å²) < 4.78 is 5.22. The molecule has 0 fully saturated rings. The van der Waals surface area contributed by atoms with E-state index < -0.39 is 12.1 Å². The Balaban J connectivity index is 1.85. The highest BCUT2D eigenvalue weighted by Gasteiger charge is 2.32. The van der Waals surface area contributed by atoms with Crippen LogP contribution in [0.4, 0.5) is 0 Å². The number of ether oxygens (including phenoxy) is 1. The first kappa shape index (κ1) is 12.4. The average molecular weight is 268 g/mol. The number of esters is 1. The van der Waals surface area contributed by atoms with Crippen LogP contribution < -0.4 is 0 Å². The van der Waals surface area contributed by atoms with Crippen molar-refractivity contribution in [3.63, 3.8) is 0 Å². The Morgan fingerprint density at radius 1 is 1.10 bits per heavy atom. The fourth-order valence-electron chi connectivity index (χ4n) is 2.36. The van der Waals surface area contributed by atoms with E-state index in [1.807, 2.05) is 0 Å². The zero-order chi connectivity index (χ0) is 14.1. The predicted molar refractivity (Wildman–Crippen MR) is 71.7 cm³/mol. The SMILES string of the molecule is O=C(CC1OC(=O)c2ccccc21)c1ccccc1O. The fraction of sp³-hybridized carbons (Fsp3) is 0.125. The van der Waals surface area contributed by atoms with Crippen LogP contribution in [0.3, 0.4) is 0 Å². The first-order chi connectivity index (χ1) is 9.66. The summed E-state index contributed by atoms with van der Waals surface area (Å²) in [4.78, 5) is 23.9. The van der Waals surface area contributed by atoms with Crippen molar-refractivity contribution in [1.82, 2.24) is 0 Å². The van der Waals surface area contributed by atoms with E-state index in [0.717, 1.165) is 5.56 Å². The topological polar surface area (TPSA) is 63.6 Å². The monoisotopic (exact) mass is 268 g/mol. The van der Waals surface area contributed by atoms with Crippen molar-refractivity contribution < 1.29 is 19.4 Å². The van der Waals surface area contributed by atoms with Gasteiger partial charge in [-0.25, -0.2) is 4.79 Å². The van der Waals surface area contributed by atoms with Gasteiger partial charge in [0.1, 0.15) is 11.9 Å². The minimum absolute atomic E-state index is 0.0281. The van der Waals surface area contributed by atoms with E-state index in [9.17, 15) is 14.7 Å². The molecule has 0 radical (unpaired) electrons. The maximum atomic E-state index is 12.2. The van der Waals surface area contributed by atoms with Crippen LogP contribution in [0.5, 0.6) is 5.75 Å². The van der Waals surface area contributed by atoms with Gasteiger partial charge in [-0.2, -0.15) is 0 Å². The van der Waals surface area contributed by atoms with Gasteiger partial charge in [-0.15, -0.1) is 0 Å². The Morgan fingerprint density at radius 3 is 2.60 bits per heavy atom. The van der Waals surface area contributed by atoms with Crippen molar-refractivity contribution in [3.8, 4) is 5.75 Å². The number of Topliss-reactive ketones (excluding diaryl/α,β-unsaturated/α-hetero) is 1. The Kier molecular flexibility index (Phi) is 2.99. The largest absolute Gasteiger partial charge is 0.507 e. The molecule has 0 aliphatic carbocycles. The molecule has 1 aliphatic heterocycles. The smallest absolute Gasteiger partial charge is 0.339 e. The van der Waals surface area contributed by atoms with Crippen molar-refractivity contribution in [2.45, 2.75) is 12.5 Å². The molecule has 0 amide bonds. The molecule has 1 atom stereocenters. The highest BCUT2D eigenvalue weighted by Crippen LogP contribution is 2.34. The second-order valence-electron chi connectivity index (χ2n) is 4.63. The fourth-order valence-corrected chi connectivity index (χ4v) is 2.36. The lowest BCUT2D eigenvalue weighted by Gasteiger charge is -2.10. The standard InChI is InChI=1S/C16H12O4/c17-13-8-4-3-7-12(13)14(18)9-15-10-5-1-2-6-11(10)16(19)20-15/h1-8,15,17H,9H2. The van der Waals surface area contributed by atoms with Crippen molar-refractivity contribution >= 4 is 11.8 Å². The van der Waals surface area contributed by atoms with E-state index in [4.69, 9.17) is 4.74 Å². The van der Waals surface area contributed by atoms with E-state index >= 15 is 0 Å². The third-order valence-corrected chi connectivity index (χ3v) is 3.35. The lowest BCUT2D eigenvalue weighted by atomic mass is 9.98. The molecule has 0 saturated carbocycles. The van der Waals surface area contributed by atoms with Gasteiger partial charge < -0.3 is 9.84 Å². The maximum absolute atomic E-state index is 12.2. The summed E-state index contributed by atoms with van der Waals surface area (Å²) in [6, 6.07) is 13.4. The van der Waals surface area contributed by atoms with Crippen molar-refractivity contribution in [1.29, 1.82) is 0 Å². The number of aromatic hydroxyl groups is 1. The van der Waals surface area contributed by atoms with E-state index in [2.05, 4.69) is 0 Å². The van der Waals surface area contributed by atoms with Crippen molar-refractivity contribution in [2.24, 2.45) is 0 Å². The molecule has 4 nitrogen and oxygen atoms in total. The van der Waals surface area contributed by atoms with Crippen LogP contribution in [0.25, 0.3) is 0 Å². The number of cyclic esters (lactones) is 1. The van der Waals surface area contributed by atoms with Gasteiger partial charge in [-0.1, -0.05) is 30.3 Å². The summed E-state index contributed by atoms with van der Waals surface area (Å²) in [6.45, 7) is 0. The number of benzene rings is 2. The normalized spacial score (nSPS) is 16.6. The van der Waals surface area contributed by atoms with Gasteiger partial charge in [-0.3, -0.25) is 4.79 Å². The zero-order valence-electron chi connectivity index (χ0n) is 10.6. The Bertz CT molecular complexity index is 690. The van der Waals surface area contributed by atoms with Crippen molar-refractivity contribution in [3.05, 3.63) is 65.2 Å². The molecule has 3 rings (SSSR count). The van der Waals surface area contributed by atoms with Crippen molar-refractivity contribution in [2.75, 3.05) is 0 Å². The first-order valence-corrected chi connectivity index (χ1v) is 6.28. The van der Waals surface area contributed by atoms with Gasteiger partial charge in [0, 0.05) is 5.56 Å². The van der Waals surface area contributed by atoms with Crippen LogP contribution in [0.15, 0.2) is 48.5 Å². The number of phenols is 1. The molecule has 2 aromatic rings. The van der Waals surface area contributed by atoms with Crippen LogP contribution >= 0.6 is 0 Å². The third kappa shape index (κ3) is 2.05. The number of para-hydroxylation sites is 1. The van der Waals surface area contributed by atoms with Crippen LogP contribution in [0.2, 0.25) is 0 Å². The second kappa shape index (κ2) is 4.81. The molecular formula is C16H12O4. The predicted octanol–water partition coefficient (Wildman–Crippen LogP) is 2.88. The molecule has 1 heterocycles. The van der Waals surface area contributed by atoms with E-state index in [1.54, 1.807) is 42.5 Å². The number of phenolic OH excluding ortho intramolecular Hbond substituents is 1. The minimum Gasteiger partial charge on any atom is -0.507 e. The molecule has 100 valence electrons.